The summed E-state index contributed by atoms with van der Waals surface area (Å²) < 4.78 is 11.1. The molecule has 5 nitrogen and oxygen atoms in total. The van der Waals surface area contributed by atoms with Crippen molar-refractivity contribution < 1.29 is 129 Å². The van der Waals surface area contributed by atoms with E-state index in [4.69, 9.17) is 25.9 Å². The van der Waals surface area contributed by atoms with Crippen LogP contribution >= 0.6 is 0 Å². The van der Waals surface area contributed by atoms with Crippen molar-refractivity contribution in [2.45, 2.75) is 94.4 Å². The van der Waals surface area contributed by atoms with Gasteiger partial charge in [0.05, 0.1) is 12.2 Å². The number of hydrogen-bond acceptors (Lipinski definition) is 5. The van der Waals surface area contributed by atoms with Gasteiger partial charge in [-0.25, -0.2) is 0 Å². The van der Waals surface area contributed by atoms with E-state index in [1.54, 1.807) is 0 Å². The van der Waals surface area contributed by atoms with Gasteiger partial charge in [-0.2, -0.15) is 0 Å². The molecule has 0 N–H and O–H groups in total. The van der Waals surface area contributed by atoms with Gasteiger partial charge in [0.1, 0.15) is 8.07 Å². The maximum Gasteiger partial charge on any atom is 1.00 e. The average Bonchev–Trinajstić information content (AvgIpc) is 3.52. The summed E-state index contributed by atoms with van der Waals surface area (Å²) in [5.74, 6) is 6.13. The number of hydrogen-bond donors (Lipinski definition) is 0. The molecule has 28 heavy (non-hydrogen) atoms. The first-order chi connectivity index (χ1) is 12.3. The molecule has 0 bridgehead atoms. The van der Waals surface area contributed by atoms with Crippen LogP contribution in [-0.2, 0) is 19.2 Å². The summed E-state index contributed by atoms with van der Waals surface area (Å²) in [5.41, 5.74) is 3.38. The fraction of sp³-hybridized carbons (Fsp3) is 0.750. The van der Waals surface area contributed by atoms with Crippen LogP contribution in [0.25, 0.3) is 0 Å². The van der Waals surface area contributed by atoms with Crippen LogP contribution in [0.3, 0.4) is 0 Å². The molecule has 2 aliphatic carbocycles. The van der Waals surface area contributed by atoms with Gasteiger partial charge in [-0.15, -0.1) is 12.0 Å². The SMILES string of the molecule is C#C[C@]12CCCC[C@H]1O2.C[Si](C)(C)C#C[C@]12CCCC[C@H]1O2.O=CO[O-].[H-].[K+].[K+]. The van der Waals surface area contributed by atoms with Crippen molar-refractivity contribution in [1.82, 2.24) is 0 Å². The molecule has 0 radical (unpaired) electrons. The number of ether oxygens (including phenoxy) is 2. The molecule has 4 atom stereocenters. The Morgan fingerprint density at radius 3 is 1.89 bits per heavy atom. The third kappa shape index (κ3) is 9.22. The summed E-state index contributed by atoms with van der Waals surface area (Å²) in [5, 5.41) is 8.43. The normalized spacial score (nSPS) is 33.2. The molecular formula is C20H30K2O5Si. The van der Waals surface area contributed by atoms with Gasteiger partial charge in [-0.3, -0.25) is 4.79 Å². The number of carbonyl (C=O) groups excluding carboxylic acids is 1. The molecule has 0 aromatic heterocycles. The fourth-order valence-electron chi connectivity index (χ4n) is 3.56. The van der Waals surface area contributed by atoms with Crippen LogP contribution in [-0.4, -0.2) is 38.0 Å². The number of carbonyl (C=O) groups is 1. The van der Waals surface area contributed by atoms with Crippen LogP contribution < -0.4 is 108 Å². The van der Waals surface area contributed by atoms with Gasteiger partial charge < -0.3 is 21.0 Å². The standard InChI is InChI=1S/C11H18OSi.C8H10O.CH2O3.2K.H/c1-13(2,3)9-8-11-7-5-4-6-10(11)12-11;1-2-8-6-4-3-5-7(8)9-8;2-1-4-3;;;/h10H,4-7H2,1-3H3;1,7H,3-6H2;1,3H;;;/q;;;2*+1;-1/p-1/t10-,11-;7-,8+;;;;/m11..../s1. The Hall–Kier alpha value is 1.96. The van der Waals surface area contributed by atoms with E-state index in [-0.39, 0.29) is 122 Å². The number of epoxide rings is 2. The molecule has 0 amide bonds. The third-order valence-corrected chi connectivity index (χ3v) is 5.97. The molecule has 2 heterocycles. The Balaban J connectivity index is 0. The summed E-state index contributed by atoms with van der Waals surface area (Å²) in [6, 6.07) is 0. The Kier molecular flexibility index (Phi) is 14.4. The molecular weight excluding hydrogens is 426 g/mol. The fourth-order valence-corrected chi connectivity index (χ4v) is 4.15. The first kappa shape index (κ1) is 30.0. The summed E-state index contributed by atoms with van der Waals surface area (Å²) in [6.07, 6.45) is 16.1. The maximum atomic E-state index is 8.64. The van der Waals surface area contributed by atoms with Crippen LogP contribution in [0.1, 0.15) is 52.8 Å². The van der Waals surface area contributed by atoms with Crippen molar-refractivity contribution >= 4 is 14.5 Å². The molecule has 0 aromatic carbocycles. The monoisotopic (exact) mass is 456 g/mol. The Morgan fingerprint density at radius 1 is 1.07 bits per heavy atom. The van der Waals surface area contributed by atoms with Crippen LogP contribution in [0.2, 0.25) is 19.6 Å². The zero-order valence-electron chi connectivity index (χ0n) is 19.0. The summed E-state index contributed by atoms with van der Waals surface area (Å²) in [4.78, 5) is 11.2. The molecule has 2 aliphatic heterocycles. The molecule has 2 saturated carbocycles. The largest absolute Gasteiger partial charge is 1.00 e. The van der Waals surface area contributed by atoms with E-state index in [0.29, 0.717) is 12.2 Å². The maximum absolute atomic E-state index is 8.64. The molecule has 0 aromatic rings. The Labute approximate surface area is 257 Å². The minimum atomic E-state index is -1.20. The zero-order chi connectivity index (χ0) is 19.3. The summed E-state index contributed by atoms with van der Waals surface area (Å²) >= 11 is 0. The second-order valence-corrected chi connectivity index (χ2v) is 13.1. The molecule has 146 valence electrons. The van der Waals surface area contributed by atoms with Crippen molar-refractivity contribution in [3.05, 3.63) is 0 Å². The van der Waals surface area contributed by atoms with Crippen LogP contribution in [0, 0.1) is 23.8 Å². The summed E-state index contributed by atoms with van der Waals surface area (Å²) in [7, 11) is -1.20. The van der Waals surface area contributed by atoms with E-state index in [1.807, 2.05) is 0 Å². The van der Waals surface area contributed by atoms with Gasteiger partial charge in [0.15, 0.2) is 11.2 Å². The van der Waals surface area contributed by atoms with Crippen molar-refractivity contribution in [3.8, 4) is 23.8 Å². The van der Waals surface area contributed by atoms with Crippen LogP contribution in [0.5, 0.6) is 0 Å². The molecule has 0 spiro atoms. The number of terminal acetylenes is 1. The van der Waals surface area contributed by atoms with E-state index in [0.717, 1.165) is 6.42 Å². The van der Waals surface area contributed by atoms with Crippen LogP contribution in [0.4, 0.5) is 0 Å². The van der Waals surface area contributed by atoms with E-state index in [2.05, 4.69) is 41.9 Å². The second kappa shape index (κ2) is 13.5. The molecule has 8 heteroatoms. The minimum Gasteiger partial charge on any atom is -1.00 e. The smallest absolute Gasteiger partial charge is 1.00 e. The van der Waals surface area contributed by atoms with E-state index in [9.17, 15) is 0 Å². The summed E-state index contributed by atoms with van der Waals surface area (Å²) in [6.45, 7) is 6.69. The second-order valence-electron chi connectivity index (χ2n) is 8.32. The molecule has 2 saturated heterocycles. The third-order valence-electron chi connectivity index (χ3n) is 5.09. The first-order valence-electron chi connectivity index (χ1n) is 9.41. The van der Waals surface area contributed by atoms with Crippen LogP contribution in [0.15, 0.2) is 0 Å². The predicted molar refractivity (Wildman–Crippen MR) is 100 cm³/mol. The Morgan fingerprint density at radius 2 is 1.54 bits per heavy atom. The van der Waals surface area contributed by atoms with Crippen molar-refractivity contribution in [2.75, 3.05) is 0 Å². The van der Waals surface area contributed by atoms with Gasteiger partial charge in [0, 0.05) is 0 Å². The Bertz CT molecular complexity index is 613. The predicted octanol–water partition coefficient (Wildman–Crippen LogP) is -3.53. The van der Waals surface area contributed by atoms with Crippen molar-refractivity contribution in [3.63, 3.8) is 0 Å². The van der Waals surface area contributed by atoms with Crippen molar-refractivity contribution in [2.24, 2.45) is 0 Å². The molecule has 0 unspecified atom stereocenters. The average molecular weight is 457 g/mol. The molecule has 4 rings (SSSR count). The van der Waals surface area contributed by atoms with E-state index in [1.165, 1.54) is 44.9 Å². The van der Waals surface area contributed by atoms with Gasteiger partial charge in [0.25, 0.3) is 6.47 Å². The number of rotatable bonds is 1. The molecule has 4 fully saturated rings. The molecule has 4 aliphatic rings. The van der Waals surface area contributed by atoms with Gasteiger partial charge >= 0.3 is 103 Å². The van der Waals surface area contributed by atoms with Gasteiger partial charge in [-0.05, 0) is 38.5 Å². The topological polar surface area (TPSA) is 74.4 Å². The quantitative estimate of drug-likeness (QED) is 0.102. The van der Waals surface area contributed by atoms with Gasteiger partial charge in [0.2, 0.25) is 0 Å². The minimum absolute atomic E-state index is 0. The van der Waals surface area contributed by atoms with E-state index >= 15 is 0 Å². The van der Waals surface area contributed by atoms with E-state index < -0.39 is 8.07 Å². The van der Waals surface area contributed by atoms with Crippen molar-refractivity contribution in [1.29, 1.82) is 0 Å². The van der Waals surface area contributed by atoms with Gasteiger partial charge in [-0.1, -0.05) is 44.3 Å². The zero-order valence-corrected chi connectivity index (χ0v) is 25.3. The first-order valence-corrected chi connectivity index (χ1v) is 12.9. The number of fused-ring (bicyclic) bond motifs is 2.